The molecule has 0 aliphatic carbocycles. The Hall–Kier alpha value is -5.16. The average Bonchev–Trinajstić information content (AvgIpc) is 3.63. The van der Waals surface area contributed by atoms with Gasteiger partial charge in [-0.25, -0.2) is 14.6 Å². The summed E-state index contributed by atoms with van der Waals surface area (Å²) in [5.74, 6) is -0.251. The molecule has 3 aromatic carbocycles. The number of morpholine rings is 1. The van der Waals surface area contributed by atoms with Crippen molar-refractivity contribution in [1.82, 2.24) is 20.2 Å². The van der Waals surface area contributed by atoms with Gasteiger partial charge < -0.3 is 29.8 Å². The minimum atomic E-state index is -0.988. The summed E-state index contributed by atoms with van der Waals surface area (Å²) < 4.78 is 16.9. The lowest BCUT2D eigenvalue weighted by Crippen LogP contribution is -2.49. The van der Waals surface area contributed by atoms with Crippen LogP contribution in [0.2, 0.25) is 0 Å². The number of hydrogen-bond donors (Lipinski definition) is 3. The predicted molar refractivity (Wildman–Crippen MR) is 181 cm³/mol. The van der Waals surface area contributed by atoms with Crippen molar-refractivity contribution >= 4 is 23.8 Å². The Morgan fingerprint density at radius 1 is 0.979 bits per heavy atom. The Bertz CT molecular complexity index is 1600. The first kappa shape index (κ1) is 34.2. The molecule has 3 atom stereocenters. The molecule has 252 valence electrons. The zero-order valence-corrected chi connectivity index (χ0v) is 27.7. The maximum absolute atomic E-state index is 14.1. The van der Waals surface area contributed by atoms with E-state index in [1.165, 1.54) is 7.11 Å². The van der Waals surface area contributed by atoms with Gasteiger partial charge in [0.25, 0.3) is 0 Å². The molecule has 0 unspecified atom stereocenters. The van der Waals surface area contributed by atoms with Gasteiger partial charge in [-0.3, -0.25) is 9.69 Å². The van der Waals surface area contributed by atoms with Gasteiger partial charge in [0.1, 0.15) is 23.5 Å². The standard InChI is InChI=1S/C37H43N5O6/c1-37(2,3)48-36(45)42-23-28(47-24-30(42)33-38-21-22-39-33)20-19-25-13-11-12-18-29(25)40-34(43)32(41-35(44)46-4)31(26-14-7-5-8-15-26)27-16-9-6-10-17-27/h5-18,21-22,28,30-32H,19-20,23-24H2,1-4H3,(H,38,39)(H,40,43)(H,41,44)/t28-,30+,32+/m1/s1. The Morgan fingerprint density at radius 3 is 2.23 bits per heavy atom. The van der Waals surface area contributed by atoms with Gasteiger partial charge in [-0.15, -0.1) is 0 Å². The second-order valence-electron chi connectivity index (χ2n) is 12.7. The van der Waals surface area contributed by atoms with Crippen molar-refractivity contribution in [3.63, 3.8) is 0 Å². The van der Waals surface area contributed by atoms with Crippen molar-refractivity contribution in [2.75, 3.05) is 25.6 Å². The first-order chi connectivity index (χ1) is 23.1. The maximum Gasteiger partial charge on any atom is 0.411 e. The molecule has 5 rings (SSSR count). The van der Waals surface area contributed by atoms with E-state index in [4.69, 9.17) is 14.2 Å². The molecule has 1 aliphatic heterocycles. The first-order valence-corrected chi connectivity index (χ1v) is 16.1. The molecule has 48 heavy (non-hydrogen) atoms. The number of ether oxygens (including phenoxy) is 3. The van der Waals surface area contributed by atoms with Crippen LogP contribution in [0.4, 0.5) is 15.3 Å². The number of carbonyl (C=O) groups excluding carboxylic acids is 3. The minimum Gasteiger partial charge on any atom is -0.453 e. The van der Waals surface area contributed by atoms with Crippen LogP contribution in [0.5, 0.6) is 0 Å². The smallest absolute Gasteiger partial charge is 0.411 e. The summed E-state index contributed by atoms with van der Waals surface area (Å²) in [6, 6.07) is 25.3. The number of rotatable bonds is 10. The zero-order valence-electron chi connectivity index (χ0n) is 27.7. The molecule has 3 amide bonds. The highest BCUT2D eigenvalue weighted by Crippen LogP contribution is 2.31. The number of alkyl carbamates (subject to hydrolysis) is 1. The number of aromatic nitrogens is 2. The monoisotopic (exact) mass is 653 g/mol. The lowest BCUT2D eigenvalue weighted by molar-refractivity contribution is -0.118. The van der Waals surface area contributed by atoms with E-state index in [1.54, 1.807) is 17.3 Å². The topological polar surface area (TPSA) is 135 Å². The Morgan fingerprint density at radius 2 is 1.62 bits per heavy atom. The first-order valence-electron chi connectivity index (χ1n) is 16.1. The van der Waals surface area contributed by atoms with Crippen molar-refractivity contribution < 1.29 is 28.6 Å². The number of amides is 3. The van der Waals surface area contributed by atoms with Gasteiger partial charge in [-0.05, 0) is 56.4 Å². The van der Waals surface area contributed by atoms with Crippen molar-refractivity contribution in [2.45, 2.75) is 63.3 Å². The number of aromatic amines is 1. The third-order valence-corrected chi connectivity index (χ3v) is 8.13. The van der Waals surface area contributed by atoms with Crippen LogP contribution in [0.15, 0.2) is 97.3 Å². The summed E-state index contributed by atoms with van der Waals surface area (Å²) in [6.07, 6.45) is 3.08. The Labute approximate surface area is 281 Å². The minimum absolute atomic E-state index is 0.261. The van der Waals surface area contributed by atoms with Crippen LogP contribution in [0.1, 0.15) is 61.7 Å². The summed E-state index contributed by atoms with van der Waals surface area (Å²) in [5.41, 5.74) is 2.58. The van der Waals surface area contributed by atoms with Crippen molar-refractivity contribution in [3.05, 3.63) is 120 Å². The molecule has 0 radical (unpaired) electrons. The summed E-state index contributed by atoms with van der Waals surface area (Å²) in [5, 5.41) is 5.86. The van der Waals surface area contributed by atoms with E-state index < -0.39 is 41.7 Å². The van der Waals surface area contributed by atoms with Crippen LogP contribution < -0.4 is 10.6 Å². The fourth-order valence-corrected chi connectivity index (χ4v) is 5.87. The SMILES string of the molecule is COC(=O)N[C@H](C(=O)Nc1ccccc1CC[C@@H]1CN(C(=O)OC(C)(C)C)[C@H](c2ncc[nH]2)CO1)C(c1ccccc1)c1ccccc1. The number of anilines is 1. The normalized spacial score (nSPS) is 17.0. The van der Waals surface area contributed by atoms with Gasteiger partial charge in [0.05, 0.1) is 26.4 Å². The third kappa shape index (κ3) is 8.80. The van der Waals surface area contributed by atoms with Crippen LogP contribution in [0.3, 0.4) is 0 Å². The number of carbonyl (C=O) groups is 3. The van der Waals surface area contributed by atoms with Gasteiger partial charge in [-0.1, -0.05) is 78.9 Å². The van der Waals surface area contributed by atoms with Crippen LogP contribution in [0, 0.1) is 0 Å². The van der Waals surface area contributed by atoms with Gasteiger partial charge in [0, 0.05) is 24.0 Å². The number of nitrogens with zero attached hydrogens (tertiary/aromatic N) is 2. The number of H-pyrrole nitrogens is 1. The molecule has 1 aliphatic rings. The van der Waals surface area contributed by atoms with Crippen LogP contribution >= 0.6 is 0 Å². The van der Waals surface area contributed by atoms with Gasteiger partial charge >= 0.3 is 12.2 Å². The summed E-state index contributed by atoms with van der Waals surface area (Å²) in [7, 11) is 1.27. The average molecular weight is 654 g/mol. The molecule has 11 nitrogen and oxygen atoms in total. The van der Waals surface area contributed by atoms with E-state index in [1.807, 2.05) is 106 Å². The molecule has 0 saturated carbocycles. The lowest BCUT2D eigenvalue weighted by atomic mass is 9.84. The number of nitrogens with one attached hydrogen (secondary N) is 3. The molecule has 2 heterocycles. The number of methoxy groups -OCH3 is 1. The fourth-order valence-electron chi connectivity index (χ4n) is 5.87. The lowest BCUT2D eigenvalue weighted by Gasteiger charge is -2.39. The van der Waals surface area contributed by atoms with E-state index >= 15 is 0 Å². The van der Waals surface area contributed by atoms with E-state index in [0.717, 1.165) is 16.7 Å². The molecule has 4 aromatic rings. The third-order valence-electron chi connectivity index (χ3n) is 8.13. The largest absolute Gasteiger partial charge is 0.453 e. The second-order valence-corrected chi connectivity index (χ2v) is 12.7. The fraction of sp³-hybridized carbons (Fsp3) is 0.351. The molecule has 1 saturated heterocycles. The summed E-state index contributed by atoms with van der Waals surface area (Å²) in [4.78, 5) is 49.1. The quantitative estimate of drug-likeness (QED) is 0.185. The van der Waals surface area contributed by atoms with E-state index in [0.29, 0.717) is 30.9 Å². The second kappa shape index (κ2) is 15.6. The Kier molecular flexibility index (Phi) is 11.1. The molecule has 1 fully saturated rings. The number of para-hydroxylation sites is 1. The highest BCUT2D eigenvalue weighted by atomic mass is 16.6. The molecule has 11 heteroatoms. The predicted octanol–water partition coefficient (Wildman–Crippen LogP) is 6.21. The zero-order chi connectivity index (χ0) is 34.1. The molecular weight excluding hydrogens is 610 g/mol. The van der Waals surface area contributed by atoms with Gasteiger partial charge in [0.15, 0.2) is 0 Å². The maximum atomic E-state index is 14.1. The molecular formula is C37H43N5O6. The number of hydrogen-bond acceptors (Lipinski definition) is 7. The van der Waals surface area contributed by atoms with Gasteiger partial charge in [0.2, 0.25) is 5.91 Å². The van der Waals surface area contributed by atoms with E-state index in [9.17, 15) is 14.4 Å². The molecule has 3 N–H and O–H groups in total. The van der Waals surface area contributed by atoms with Crippen molar-refractivity contribution in [2.24, 2.45) is 0 Å². The van der Waals surface area contributed by atoms with Gasteiger partial charge in [-0.2, -0.15) is 0 Å². The van der Waals surface area contributed by atoms with Crippen molar-refractivity contribution in [3.8, 4) is 0 Å². The van der Waals surface area contributed by atoms with E-state index in [2.05, 4.69) is 20.6 Å². The van der Waals surface area contributed by atoms with Crippen LogP contribution in [0.25, 0.3) is 0 Å². The molecule has 1 aromatic heterocycles. The van der Waals surface area contributed by atoms with Crippen LogP contribution in [-0.4, -0.2) is 71.0 Å². The van der Waals surface area contributed by atoms with Crippen LogP contribution in [-0.2, 0) is 25.4 Å². The number of aryl methyl sites for hydroxylation is 1. The summed E-state index contributed by atoms with van der Waals surface area (Å²) >= 11 is 0. The summed E-state index contributed by atoms with van der Waals surface area (Å²) in [6.45, 7) is 6.09. The Balaban J connectivity index is 1.34. The highest BCUT2D eigenvalue weighted by molar-refractivity contribution is 5.98. The van der Waals surface area contributed by atoms with E-state index in [-0.39, 0.29) is 12.7 Å². The number of imidazole rings is 1. The number of benzene rings is 3. The molecule has 0 spiro atoms. The highest BCUT2D eigenvalue weighted by Gasteiger charge is 2.37. The molecule has 0 bridgehead atoms. The van der Waals surface area contributed by atoms with Crippen molar-refractivity contribution in [1.29, 1.82) is 0 Å².